The predicted octanol–water partition coefficient (Wildman–Crippen LogP) is -0.583. The average Bonchev–Trinajstić information content (AvgIpc) is 2.48. The summed E-state index contributed by atoms with van der Waals surface area (Å²) in [5.41, 5.74) is 0. The first-order valence-corrected chi connectivity index (χ1v) is 8.62. The molecule has 8 nitrogen and oxygen atoms in total. The number of likely N-dealkylation sites (N-methyl/N-ethyl adjacent to an activating group) is 2. The molecule has 0 amide bonds. The average molecular weight is 344 g/mol. The lowest BCUT2D eigenvalue weighted by atomic mass is 10.3. The van der Waals surface area contributed by atoms with Crippen LogP contribution in [-0.2, 0) is 9.59 Å². The third-order valence-corrected chi connectivity index (χ3v) is 4.34. The molecule has 8 heteroatoms. The minimum atomic E-state index is -0.781. The molecule has 1 fully saturated rings. The van der Waals surface area contributed by atoms with Crippen LogP contribution in [-0.4, -0.2) is 121 Å². The minimum Gasteiger partial charge on any atom is -0.480 e. The van der Waals surface area contributed by atoms with E-state index in [1.54, 1.807) is 0 Å². The Morgan fingerprint density at radius 3 is 1.38 bits per heavy atom. The summed E-state index contributed by atoms with van der Waals surface area (Å²) in [7, 11) is 4.06. The Balaban J connectivity index is 2.58. The van der Waals surface area contributed by atoms with Crippen LogP contribution in [0.4, 0.5) is 0 Å². The third-order valence-electron chi connectivity index (χ3n) is 4.34. The van der Waals surface area contributed by atoms with Crippen molar-refractivity contribution < 1.29 is 19.8 Å². The number of carboxylic acid groups (broad SMARTS) is 2. The number of carbonyl (C=O) groups is 2. The molecule has 0 unspecified atom stereocenters. The van der Waals surface area contributed by atoms with Crippen molar-refractivity contribution in [3.63, 3.8) is 0 Å². The van der Waals surface area contributed by atoms with E-state index >= 15 is 0 Å². The lowest BCUT2D eigenvalue weighted by Crippen LogP contribution is -2.41. The van der Waals surface area contributed by atoms with E-state index in [2.05, 4.69) is 9.80 Å². The lowest BCUT2D eigenvalue weighted by Gasteiger charge is -2.28. The molecule has 1 rings (SSSR count). The highest BCUT2D eigenvalue weighted by atomic mass is 16.4. The van der Waals surface area contributed by atoms with Crippen LogP contribution < -0.4 is 0 Å². The summed E-state index contributed by atoms with van der Waals surface area (Å²) in [6.07, 6.45) is 1.82. The van der Waals surface area contributed by atoms with Crippen molar-refractivity contribution in [2.24, 2.45) is 0 Å². The van der Waals surface area contributed by atoms with Crippen molar-refractivity contribution >= 4 is 11.9 Å². The van der Waals surface area contributed by atoms with E-state index in [9.17, 15) is 9.59 Å². The largest absolute Gasteiger partial charge is 0.480 e. The number of hydrogen-bond acceptors (Lipinski definition) is 6. The molecule has 0 saturated carbocycles. The van der Waals surface area contributed by atoms with Gasteiger partial charge in [0.2, 0.25) is 0 Å². The van der Waals surface area contributed by atoms with Crippen molar-refractivity contribution in [2.45, 2.75) is 12.8 Å². The first-order chi connectivity index (χ1) is 11.4. The van der Waals surface area contributed by atoms with Gasteiger partial charge in [0.25, 0.3) is 0 Å². The van der Waals surface area contributed by atoms with Crippen LogP contribution in [0.2, 0.25) is 0 Å². The first kappa shape index (κ1) is 20.8. The molecule has 0 atom stereocenters. The topological polar surface area (TPSA) is 87.6 Å². The number of hydrogen-bond donors (Lipinski definition) is 2. The van der Waals surface area contributed by atoms with Crippen LogP contribution in [0.25, 0.3) is 0 Å². The zero-order valence-corrected chi connectivity index (χ0v) is 15.0. The van der Waals surface area contributed by atoms with Gasteiger partial charge in [0.1, 0.15) is 0 Å². The molecule has 1 saturated heterocycles. The van der Waals surface area contributed by atoms with Crippen molar-refractivity contribution in [2.75, 3.05) is 79.5 Å². The van der Waals surface area contributed by atoms with E-state index in [1.165, 1.54) is 0 Å². The second-order valence-corrected chi connectivity index (χ2v) is 6.65. The number of carboxylic acids is 2. The van der Waals surface area contributed by atoms with E-state index in [1.807, 2.05) is 23.9 Å². The van der Waals surface area contributed by atoms with Crippen molar-refractivity contribution in [1.29, 1.82) is 0 Å². The van der Waals surface area contributed by atoms with Gasteiger partial charge in [0.05, 0.1) is 13.1 Å². The normalized spacial score (nSPS) is 22.1. The van der Waals surface area contributed by atoms with Crippen molar-refractivity contribution in [1.82, 2.24) is 19.6 Å². The summed E-state index contributed by atoms with van der Waals surface area (Å²) < 4.78 is 0. The van der Waals surface area contributed by atoms with Crippen molar-refractivity contribution in [3.8, 4) is 0 Å². The third kappa shape index (κ3) is 9.82. The molecule has 1 heterocycles. The Bertz CT molecular complexity index is 358. The maximum absolute atomic E-state index is 11.0. The van der Waals surface area contributed by atoms with Crippen LogP contribution in [0.15, 0.2) is 0 Å². The highest BCUT2D eigenvalue weighted by Crippen LogP contribution is 2.00. The fourth-order valence-corrected chi connectivity index (χ4v) is 2.90. The molecule has 0 aliphatic carbocycles. The zero-order valence-electron chi connectivity index (χ0n) is 15.0. The van der Waals surface area contributed by atoms with Crippen molar-refractivity contribution in [3.05, 3.63) is 0 Å². The van der Waals surface area contributed by atoms with Gasteiger partial charge < -0.3 is 20.0 Å². The Hall–Kier alpha value is -1.22. The molecule has 24 heavy (non-hydrogen) atoms. The van der Waals surface area contributed by atoms with Gasteiger partial charge in [0.15, 0.2) is 0 Å². The monoisotopic (exact) mass is 344 g/mol. The maximum atomic E-state index is 11.0. The molecule has 1 aliphatic rings. The molecule has 1 aliphatic heterocycles. The van der Waals surface area contributed by atoms with E-state index < -0.39 is 11.9 Å². The molecule has 2 N–H and O–H groups in total. The molecule has 0 aromatic rings. The molecule has 0 aromatic heterocycles. The quantitative estimate of drug-likeness (QED) is 0.700. The van der Waals surface area contributed by atoms with E-state index in [4.69, 9.17) is 10.2 Å². The van der Waals surface area contributed by atoms with Gasteiger partial charge in [-0.1, -0.05) is 0 Å². The Kier molecular flexibility index (Phi) is 9.85. The number of aliphatic carboxylic acids is 2. The first-order valence-electron chi connectivity index (χ1n) is 8.62. The summed E-state index contributed by atoms with van der Waals surface area (Å²) in [5.74, 6) is -1.56. The predicted molar refractivity (Wildman–Crippen MR) is 92.4 cm³/mol. The molecular weight excluding hydrogens is 312 g/mol. The van der Waals surface area contributed by atoms with Gasteiger partial charge in [-0.3, -0.25) is 19.4 Å². The van der Waals surface area contributed by atoms with Crippen LogP contribution in [0.5, 0.6) is 0 Å². The van der Waals surface area contributed by atoms with Crippen LogP contribution in [0, 0.1) is 0 Å². The highest BCUT2D eigenvalue weighted by molar-refractivity contribution is 5.69. The molecule has 0 bridgehead atoms. The standard InChI is InChI=1S/C16H32N4O4/c1-17-5-3-7-20(14-16(23)24)12-10-18(2)6-4-8-19(11-9-17)13-15(21)22/h3-14H2,1-2H3,(H,21,22)(H,23,24). The second kappa shape index (κ2) is 11.4. The summed E-state index contributed by atoms with van der Waals surface area (Å²) >= 11 is 0. The second-order valence-electron chi connectivity index (χ2n) is 6.65. The van der Waals surface area contributed by atoms with Gasteiger partial charge in [-0.2, -0.15) is 0 Å². The van der Waals surface area contributed by atoms with Gasteiger partial charge in [-0.25, -0.2) is 0 Å². The number of nitrogens with zero attached hydrogens (tertiary/aromatic N) is 4. The molecule has 0 aromatic carbocycles. The zero-order chi connectivity index (χ0) is 17.9. The van der Waals surface area contributed by atoms with Gasteiger partial charge in [-0.05, 0) is 40.0 Å². The van der Waals surface area contributed by atoms with Crippen LogP contribution in [0.3, 0.4) is 0 Å². The fraction of sp³-hybridized carbons (Fsp3) is 0.875. The van der Waals surface area contributed by atoms with Crippen LogP contribution in [0.1, 0.15) is 12.8 Å². The Morgan fingerprint density at radius 1 is 0.667 bits per heavy atom. The Labute approximate surface area is 144 Å². The number of rotatable bonds is 4. The van der Waals surface area contributed by atoms with E-state index in [-0.39, 0.29) is 13.1 Å². The molecule has 0 spiro atoms. The van der Waals surface area contributed by atoms with Gasteiger partial charge >= 0.3 is 11.9 Å². The maximum Gasteiger partial charge on any atom is 0.317 e. The van der Waals surface area contributed by atoms with Gasteiger partial charge in [-0.15, -0.1) is 0 Å². The molecule has 140 valence electrons. The summed E-state index contributed by atoms with van der Waals surface area (Å²) in [6, 6.07) is 0. The van der Waals surface area contributed by atoms with Crippen LogP contribution >= 0.6 is 0 Å². The minimum absolute atomic E-state index is 0.0872. The van der Waals surface area contributed by atoms with E-state index in [0.717, 1.165) is 65.2 Å². The molecule has 0 radical (unpaired) electrons. The summed E-state index contributed by atoms with van der Waals surface area (Å²) in [6.45, 7) is 6.60. The lowest BCUT2D eigenvalue weighted by molar-refractivity contribution is -0.139. The van der Waals surface area contributed by atoms with Gasteiger partial charge in [0, 0.05) is 39.3 Å². The SMILES string of the molecule is CN1CCCN(CC(=O)O)CCN(C)CCCN(CC(=O)O)CC1. The molecular formula is C16H32N4O4. The smallest absolute Gasteiger partial charge is 0.317 e. The summed E-state index contributed by atoms with van der Waals surface area (Å²) in [4.78, 5) is 30.4. The summed E-state index contributed by atoms with van der Waals surface area (Å²) in [5, 5.41) is 18.1. The fourth-order valence-electron chi connectivity index (χ4n) is 2.90. The van der Waals surface area contributed by atoms with E-state index in [0.29, 0.717) is 0 Å². The highest BCUT2D eigenvalue weighted by Gasteiger charge is 2.14. The Morgan fingerprint density at radius 2 is 1.04 bits per heavy atom.